The lowest BCUT2D eigenvalue weighted by molar-refractivity contribution is -0.145. The highest BCUT2D eigenvalue weighted by atomic mass is 16.6. The Labute approximate surface area is 168 Å². The summed E-state index contributed by atoms with van der Waals surface area (Å²) in [6.07, 6.45) is -2.85. The predicted molar refractivity (Wildman–Crippen MR) is 103 cm³/mol. The van der Waals surface area contributed by atoms with E-state index < -0.39 is 47.7 Å². The van der Waals surface area contributed by atoms with E-state index in [2.05, 4.69) is 10.6 Å². The van der Waals surface area contributed by atoms with Gasteiger partial charge in [0.2, 0.25) is 11.8 Å². The molecule has 3 atom stereocenters. The van der Waals surface area contributed by atoms with E-state index >= 15 is 0 Å². The first-order valence-corrected chi connectivity index (χ1v) is 8.94. The molecule has 0 aliphatic heterocycles. The third-order valence-electron chi connectivity index (χ3n) is 3.71. The Morgan fingerprint density at radius 2 is 1.69 bits per heavy atom. The number of primary amides is 1. The minimum absolute atomic E-state index is 0.172. The maximum absolute atomic E-state index is 12.6. The smallest absolute Gasteiger partial charge is 0.408 e. The van der Waals surface area contributed by atoms with E-state index in [4.69, 9.17) is 10.5 Å². The van der Waals surface area contributed by atoms with Crippen LogP contribution in [0.2, 0.25) is 0 Å². The highest BCUT2D eigenvalue weighted by Gasteiger charge is 2.33. The van der Waals surface area contributed by atoms with E-state index in [0.29, 0.717) is 0 Å². The van der Waals surface area contributed by atoms with Gasteiger partial charge in [-0.1, -0.05) is 30.3 Å². The molecule has 0 spiro atoms. The maximum Gasteiger partial charge on any atom is 0.408 e. The molecular weight excluding hydrogens is 382 g/mol. The van der Waals surface area contributed by atoms with Crippen molar-refractivity contribution in [2.24, 2.45) is 5.73 Å². The molecule has 1 aromatic carbocycles. The van der Waals surface area contributed by atoms with E-state index in [1.165, 1.54) is 12.1 Å². The van der Waals surface area contributed by atoms with Crippen LogP contribution in [0.1, 0.15) is 45.3 Å². The topological polar surface area (TPSA) is 168 Å². The van der Waals surface area contributed by atoms with Gasteiger partial charge in [-0.2, -0.15) is 0 Å². The Kier molecular flexibility index (Phi) is 8.58. The van der Waals surface area contributed by atoms with Crippen LogP contribution in [0, 0.1) is 0 Å². The van der Waals surface area contributed by atoms with E-state index in [1.54, 1.807) is 39.0 Å². The van der Waals surface area contributed by atoms with Crippen molar-refractivity contribution in [2.75, 3.05) is 0 Å². The van der Waals surface area contributed by atoms with Crippen molar-refractivity contribution in [3.63, 3.8) is 0 Å². The number of hydrogen-bond donors (Lipinski definition) is 5. The standard InChI is InChI=1S/C19H27N3O7/c1-19(2,3)29-18(28)21-12(9-10-13(20)23)16(25)22-14(17(26)27)15(24)11-7-5-4-6-8-11/h4-8,12,14-15,24H,9-10H2,1-3H3,(H2,20,23)(H,21,28)(H,22,25)(H,26,27)/t12-,14?,15?/m0/s1. The number of amides is 3. The van der Waals surface area contributed by atoms with Gasteiger partial charge < -0.3 is 31.3 Å². The van der Waals surface area contributed by atoms with Gasteiger partial charge in [-0.05, 0) is 32.8 Å². The monoisotopic (exact) mass is 409 g/mol. The van der Waals surface area contributed by atoms with Gasteiger partial charge in [0.15, 0.2) is 6.04 Å². The number of aliphatic carboxylic acids is 1. The Hall–Kier alpha value is -3.14. The summed E-state index contributed by atoms with van der Waals surface area (Å²) in [5, 5.41) is 24.3. The lowest BCUT2D eigenvalue weighted by Crippen LogP contribution is -2.54. The first-order chi connectivity index (χ1) is 13.4. The third-order valence-corrected chi connectivity index (χ3v) is 3.71. The minimum Gasteiger partial charge on any atom is -0.480 e. The molecule has 0 aromatic heterocycles. The van der Waals surface area contributed by atoms with Crippen molar-refractivity contribution in [2.45, 2.75) is 57.4 Å². The Morgan fingerprint density at radius 1 is 1.10 bits per heavy atom. The molecule has 10 nitrogen and oxygen atoms in total. The fourth-order valence-electron chi connectivity index (χ4n) is 2.38. The summed E-state index contributed by atoms with van der Waals surface area (Å²) in [6, 6.07) is 4.96. The van der Waals surface area contributed by atoms with Crippen LogP contribution in [0.4, 0.5) is 4.79 Å². The minimum atomic E-state index is -1.68. The van der Waals surface area contributed by atoms with Crippen molar-refractivity contribution in [3.05, 3.63) is 35.9 Å². The molecule has 29 heavy (non-hydrogen) atoms. The van der Waals surface area contributed by atoms with Gasteiger partial charge in [-0.15, -0.1) is 0 Å². The van der Waals surface area contributed by atoms with Crippen molar-refractivity contribution >= 4 is 23.9 Å². The van der Waals surface area contributed by atoms with Crippen LogP contribution in [0.25, 0.3) is 0 Å². The molecule has 0 saturated carbocycles. The van der Waals surface area contributed by atoms with Gasteiger partial charge in [0, 0.05) is 6.42 Å². The number of aliphatic hydroxyl groups is 1. The molecule has 0 aliphatic rings. The van der Waals surface area contributed by atoms with Gasteiger partial charge in [0.05, 0.1) is 0 Å². The van der Waals surface area contributed by atoms with E-state index in [1.807, 2.05) is 0 Å². The molecule has 0 bridgehead atoms. The SMILES string of the molecule is CC(C)(C)OC(=O)N[C@@H](CCC(N)=O)C(=O)NC(C(=O)O)C(O)c1ccccc1. The molecule has 6 N–H and O–H groups in total. The molecule has 10 heteroatoms. The summed E-state index contributed by atoms with van der Waals surface area (Å²) >= 11 is 0. The molecular formula is C19H27N3O7. The molecule has 0 aliphatic carbocycles. The number of benzene rings is 1. The summed E-state index contributed by atoms with van der Waals surface area (Å²) in [7, 11) is 0. The Morgan fingerprint density at radius 3 is 2.17 bits per heavy atom. The van der Waals surface area contributed by atoms with Gasteiger partial charge in [0.1, 0.15) is 17.7 Å². The van der Waals surface area contributed by atoms with E-state index in [9.17, 15) is 29.4 Å². The number of nitrogens with two attached hydrogens (primary N) is 1. The molecule has 0 saturated heterocycles. The van der Waals surface area contributed by atoms with Crippen LogP contribution >= 0.6 is 0 Å². The largest absolute Gasteiger partial charge is 0.480 e. The van der Waals surface area contributed by atoms with Crippen molar-refractivity contribution in [1.82, 2.24) is 10.6 Å². The van der Waals surface area contributed by atoms with Crippen LogP contribution in [0.3, 0.4) is 0 Å². The second-order valence-electron chi connectivity index (χ2n) is 7.38. The zero-order valence-corrected chi connectivity index (χ0v) is 16.5. The molecule has 160 valence electrons. The summed E-state index contributed by atoms with van der Waals surface area (Å²) in [6.45, 7) is 4.88. The first-order valence-electron chi connectivity index (χ1n) is 8.94. The van der Waals surface area contributed by atoms with Crippen molar-refractivity contribution in [3.8, 4) is 0 Å². The lowest BCUT2D eigenvalue weighted by Gasteiger charge is -2.26. The molecule has 3 amide bonds. The number of carbonyl (C=O) groups is 4. The van der Waals surface area contributed by atoms with Crippen molar-refractivity contribution < 1.29 is 34.1 Å². The van der Waals surface area contributed by atoms with Gasteiger partial charge in [-0.3, -0.25) is 9.59 Å². The average molecular weight is 409 g/mol. The van der Waals surface area contributed by atoms with Crippen LogP contribution in [-0.2, 0) is 19.1 Å². The molecule has 1 rings (SSSR count). The zero-order valence-electron chi connectivity index (χ0n) is 16.5. The van der Waals surface area contributed by atoms with Crippen LogP contribution < -0.4 is 16.4 Å². The third kappa shape index (κ3) is 8.60. The van der Waals surface area contributed by atoms with Crippen LogP contribution in [0.15, 0.2) is 30.3 Å². The highest BCUT2D eigenvalue weighted by molar-refractivity contribution is 5.90. The predicted octanol–water partition coefficient (Wildman–Crippen LogP) is 0.448. The van der Waals surface area contributed by atoms with Gasteiger partial charge in [-0.25, -0.2) is 9.59 Å². The highest BCUT2D eigenvalue weighted by Crippen LogP contribution is 2.17. The quantitative estimate of drug-likeness (QED) is 0.394. The number of rotatable bonds is 9. The van der Waals surface area contributed by atoms with Crippen molar-refractivity contribution in [1.29, 1.82) is 0 Å². The second-order valence-corrected chi connectivity index (χ2v) is 7.38. The average Bonchev–Trinajstić information content (AvgIpc) is 2.61. The molecule has 0 heterocycles. The number of carbonyl (C=O) groups excluding carboxylic acids is 3. The summed E-state index contributed by atoms with van der Waals surface area (Å²) in [4.78, 5) is 47.3. The molecule has 0 radical (unpaired) electrons. The second kappa shape index (κ2) is 10.4. The summed E-state index contributed by atoms with van der Waals surface area (Å²) in [5.74, 6) is -3.08. The normalized spacial score (nSPS) is 14.2. The Balaban J connectivity index is 2.95. The lowest BCUT2D eigenvalue weighted by atomic mass is 10.0. The van der Waals surface area contributed by atoms with Gasteiger partial charge >= 0.3 is 12.1 Å². The molecule has 2 unspecified atom stereocenters. The number of carboxylic acid groups (broad SMARTS) is 1. The number of hydrogen-bond acceptors (Lipinski definition) is 6. The summed E-state index contributed by atoms with van der Waals surface area (Å²) < 4.78 is 5.08. The van der Waals surface area contributed by atoms with Crippen LogP contribution in [0.5, 0.6) is 0 Å². The van der Waals surface area contributed by atoms with Gasteiger partial charge in [0.25, 0.3) is 0 Å². The first kappa shape index (κ1) is 23.9. The maximum atomic E-state index is 12.6. The Bertz CT molecular complexity index is 731. The fourth-order valence-corrected chi connectivity index (χ4v) is 2.38. The fraction of sp³-hybridized carbons (Fsp3) is 0.474. The number of nitrogens with one attached hydrogen (secondary N) is 2. The number of aliphatic hydroxyl groups excluding tert-OH is 1. The van der Waals surface area contributed by atoms with E-state index in [0.717, 1.165) is 0 Å². The van der Waals surface area contributed by atoms with Crippen LogP contribution in [-0.4, -0.2) is 51.8 Å². The molecule has 0 fully saturated rings. The number of alkyl carbamates (subject to hydrolysis) is 1. The zero-order chi connectivity index (χ0) is 22.2. The van der Waals surface area contributed by atoms with E-state index in [-0.39, 0.29) is 18.4 Å². The molecule has 1 aromatic rings. The number of ether oxygens (including phenoxy) is 1. The summed E-state index contributed by atoms with van der Waals surface area (Å²) in [5.41, 5.74) is 4.55. The number of carboxylic acids is 1.